The van der Waals surface area contributed by atoms with Crippen LogP contribution in [0.2, 0.25) is 0 Å². The van der Waals surface area contributed by atoms with Gasteiger partial charge < -0.3 is 19.9 Å². The second-order valence-corrected chi connectivity index (χ2v) is 9.00. The molecule has 0 spiro atoms. The summed E-state index contributed by atoms with van der Waals surface area (Å²) in [5.41, 5.74) is 3.35. The molecule has 1 heterocycles. The molecule has 0 saturated heterocycles. The summed E-state index contributed by atoms with van der Waals surface area (Å²) in [6.45, 7) is 2.84. The fourth-order valence-electron chi connectivity index (χ4n) is 5.18. The first-order chi connectivity index (χ1) is 17.1. The molecule has 1 aliphatic rings. The number of carboxylic acid groups (broad SMARTS) is 1. The highest BCUT2D eigenvalue weighted by molar-refractivity contribution is 5.91. The quantitative estimate of drug-likeness (QED) is 0.340. The van der Waals surface area contributed by atoms with Crippen molar-refractivity contribution in [2.24, 2.45) is 0 Å². The lowest BCUT2D eigenvalue weighted by molar-refractivity contribution is 0.0693. The monoisotopic (exact) mass is 467 g/mol. The van der Waals surface area contributed by atoms with Gasteiger partial charge in [0.15, 0.2) is 0 Å². The summed E-state index contributed by atoms with van der Waals surface area (Å²) in [6, 6.07) is 28.3. The van der Waals surface area contributed by atoms with Gasteiger partial charge in [0.2, 0.25) is 0 Å². The lowest BCUT2D eigenvalue weighted by Gasteiger charge is -2.34. The van der Waals surface area contributed by atoms with Gasteiger partial charge in [0, 0.05) is 29.6 Å². The van der Waals surface area contributed by atoms with Gasteiger partial charge in [-0.1, -0.05) is 72.8 Å². The fourth-order valence-corrected chi connectivity index (χ4v) is 5.18. The second kappa shape index (κ2) is 9.80. The Bertz CT molecular complexity index is 1360. The Morgan fingerprint density at radius 1 is 1.00 bits per heavy atom. The van der Waals surface area contributed by atoms with Crippen molar-refractivity contribution in [2.45, 2.75) is 31.4 Å². The molecule has 1 aliphatic heterocycles. The van der Waals surface area contributed by atoms with Crippen LogP contribution < -0.4 is 14.8 Å². The van der Waals surface area contributed by atoms with Gasteiger partial charge in [-0.2, -0.15) is 0 Å². The van der Waals surface area contributed by atoms with E-state index in [4.69, 9.17) is 9.47 Å². The first kappa shape index (κ1) is 22.9. The molecule has 0 aliphatic carbocycles. The molecule has 3 atom stereocenters. The third kappa shape index (κ3) is 4.47. The first-order valence-corrected chi connectivity index (χ1v) is 11.9. The number of hydrogen-bond donors (Lipinski definition) is 2. The molecule has 0 bridgehead atoms. The van der Waals surface area contributed by atoms with E-state index in [1.807, 2.05) is 24.3 Å². The van der Waals surface area contributed by atoms with E-state index in [0.29, 0.717) is 18.7 Å². The summed E-state index contributed by atoms with van der Waals surface area (Å²) in [5, 5.41) is 15.8. The predicted molar refractivity (Wildman–Crippen MR) is 138 cm³/mol. The molecule has 178 valence electrons. The lowest BCUT2D eigenvalue weighted by atomic mass is 9.83. The van der Waals surface area contributed by atoms with Crippen molar-refractivity contribution in [3.63, 3.8) is 0 Å². The van der Waals surface area contributed by atoms with Crippen LogP contribution in [-0.2, 0) is 0 Å². The number of para-hydroxylation sites is 2. The highest BCUT2D eigenvalue weighted by Crippen LogP contribution is 2.44. The highest BCUT2D eigenvalue weighted by Gasteiger charge is 2.32. The normalized spacial score (nSPS) is 17.9. The molecule has 0 fully saturated rings. The van der Waals surface area contributed by atoms with Crippen LogP contribution >= 0.6 is 0 Å². The SMILES string of the molecule is COc1c(C(=O)O)cccc1[C@H]1C[C@H](CN[C@H](C)c2cccc3ccccc23)Oc2ccccc21. The van der Waals surface area contributed by atoms with Gasteiger partial charge >= 0.3 is 5.97 Å². The zero-order chi connectivity index (χ0) is 24.4. The fraction of sp³-hybridized carbons (Fsp3) is 0.233. The molecule has 2 N–H and O–H groups in total. The number of benzene rings is 4. The van der Waals surface area contributed by atoms with Gasteiger partial charge in [0.05, 0.1) is 7.11 Å². The second-order valence-electron chi connectivity index (χ2n) is 9.00. The molecule has 4 aromatic carbocycles. The van der Waals surface area contributed by atoms with Gasteiger partial charge in [-0.25, -0.2) is 4.79 Å². The number of nitrogens with one attached hydrogen (secondary N) is 1. The Balaban J connectivity index is 1.42. The van der Waals surface area contributed by atoms with Crippen LogP contribution in [0.4, 0.5) is 0 Å². The summed E-state index contributed by atoms with van der Waals surface area (Å²) in [7, 11) is 1.53. The molecular weight excluding hydrogens is 438 g/mol. The van der Waals surface area contributed by atoms with Crippen LogP contribution in [0, 0.1) is 0 Å². The summed E-state index contributed by atoms with van der Waals surface area (Å²) >= 11 is 0. The van der Waals surface area contributed by atoms with Crippen molar-refractivity contribution < 1.29 is 19.4 Å². The van der Waals surface area contributed by atoms with Crippen molar-refractivity contribution in [2.75, 3.05) is 13.7 Å². The van der Waals surface area contributed by atoms with E-state index in [1.165, 1.54) is 23.4 Å². The third-order valence-corrected chi connectivity index (χ3v) is 6.88. The van der Waals surface area contributed by atoms with Crippen molar-refractivity contribution in [1.82, 2.24) is 5.32 Å². The average molecular weight is 468 g/mol. The number of rotatable bonds is 7. The molecule has 0 amide bonds. The van der Waals surface area contributed by atoms with Crippen LogP contribution in [0.3, 0.4) is 0 Å². The van der Waals surface area contributed by atoms with E-state index in [0.717, 1.165) is 16.9 Å². The Hall–Kier alpha value is -3.83. The molecule has 4 aromatic rings. The number of carboxylic acids is 1. The maximum atomic E-state index is 11.8. The molecular formula is C30H29NO4. The van der Waals surface area contributed by atoms with Gasteiger partial charge in [0.1, 0.15) is 23.2 Å². The van der Waals surface area contributed by atoms with E-state index in [1.54, 1.807) is 12.1 Å². The Kier molecular flexibility index (Phi) is 6.43. The van der Waals surface area contributed by atoms with Gasteiger partial charge in [-0.05, 0) is 41.8 Å². The maximum absolute atomic E-state index is 11.8. The van der Waals surface area contributed by atoms with Crippen molar-refractivity contribution in [3.8, 4) is 11.5 Å². The number of hydrogen-bond acceptors (Lipinski definition) is 4. The Morgan fingerprint density at radius 2 is 1.71 bits per heavy atom. The molecule has 5 rings (SSSR count). The lowest BCUT2D eigenvalue weighted by Crippen LogP contribution is -2.37. The maximum Gasteiger partial charge on any atom is 0.339 e. The molecule has 0 radical (unpaired) electrons. The summed E-state index contributed by atoms with van der Waals surface area (Å²) < 4.78 is 12.0. The van der Waals surface area contributed by atoms with E-state index in [-0.39, 0.29) is 23.6 Å². The van der Waals surface area contributed by atoms with E-state index < -0.39 is 5.97 Å². The molecule has 5 heteroatoms. The Labute approximate surface area is 205 Å². The van der Waals surface area contributed by atoms with Gasteiger partial charge in [-0.15, -0.1) is 0 Å². The largest absolute Gasteiger partial charge is 0.496 e. The smallest absolute Gasteiger partial charge is 0.339 e. The van der Waals surface area contributed by atoms with Gasteiger partial charge in [-0.3, -0.25) is 0 Å². The standard InChI is InChI=1S/C30H29NO4/c1-19(22-13-7-10-20-9-3-4-11-23(20)22)31-18-21-17-27(24-12-5-6-16-28(24)35-21)25-14-8-15-26(30(32)33)29(25)34-2/h3-16,19,21,27,31H,17-18H2,1-2H3,(H,32,33)/t19-,21-,27+/m1/s1. The van der Waals surface area contributed by atoms with Crippen LogP contribution in [0.15, 0.2) is 84.9 Å². The molecule has 0 saturated carbocycles. The van der Waals surface area contributed by atoms with Crippen LogP contribution in [0.25, 0.3) is 10.8 Å². The van der Waals surface area contributed by atoms with E-state index in [2.05, 4.69) is 60.8 Å². The zero-order valence-electron chi connectivity index (χ0n) is 19.9. The number of methoxy groups -OCH3 is 1. The van der Waals surface area contributed by atoms with Crippen molar-refractivity contribution in [1.29, 1.82) is 0 Å². The van der Waals surface area contributed by atoms with Crippen LogP contribution in [0.5, 0.6) is 11.5 Å². The minimum Gasteiger partial charge on any atom is -0.496 e. The number of ether oxygens (including phenoxy) is 2. The van der Waals surface area contributed by atoms with Crippen LogP contribution in [0.1, 0.15) is 52.4 Å². The van der Waals surface area contributed by atoms with Crippen LogP contribution in [-0.4, -0.2) is 30.8 Å². The summed E-state index contributed by atoms with van der Waals surface area (Å²) in [4.78, 5) is 11.8. The zero-order valence-corrected chi connectivity index (χ0v) is 19.9. The van der Waals surface area contributed by atoms with E-state index in [9.17, 15) is 9.90 Å². The first-order valence-electron chi connectivity index (χ1n) is 11.9. The topological polar surface area (TPSA) is 67.8 Å². The van der Waals surface area contributed by atoms with E-state index >= 15 is 0 Å². The minimum absolute atomic E-state index is 0.0335. The predicted octanol–water partition coefficient (Wildman–Crippen LogP) is 6.18. The Morgan fingerprint density at radius 3 is 2.54 bits per heavy atom. The number of aromatic carboxylic acids is 1. The average Bonchev–Trinajstić information content (AvgIpc) is 2.90. The van der Waals surface area contributed by atoms with Gasteiger partial charge in [0.25, 0.3) is 0 Å². The number of carbonyl (C=O) groups is 1. The summed E-state index contributed by atoms with van der Waals surface area (Å²) in [6.07, 6.45) is 0.636. The highest BCUT2D eigenvalue weighted by atomic mass is 16.5. The molecule has 35 heavy (non-hydrogen) atoms. The summed E-state index contributed by atoms with van der Waals surface area (Å²) in [5.74, 6) is 0.216. The minimum atomic E-state index is -0.994. The van der Waals surface area contributed by atoms with Crippen molar-refractivity contribution in [3.05, 3.63) is 107 Å². The molecule has 5 nitrogen and oxygen atoms in total. The molecule has 0 aromatic heterocycles. The van der Waals surface area contributed by atoms with Crippen molar-refractivity contribution >= 4 is 16.7 Å². The third-order valence-electron chi connectivity index (χ3n) is 6.88. The number of fused-ring (bicyclic) bond motifs is 2. The molecule has 0 unspecified atom stereocenters.